The molecule has 4 heteroatoms. The van der Waals surface area contributed by atoms with Crippen LogP contribution in [0.1, 0.15) is 21.5 Å². The maximum Gasteiger partial charge on any atom is 0.257 e. The van der Waals surface area contributed by atoms with Gasteiger partial charge in [-0.15, -0.1) is 0 Å². The lowest BCUT2D eigenvalue weighted by Gasteiger charge is -2.14. The molecular formula is C16H17BrN2O. The first kappa shape index (κ1) is 14.6. The van der Waals surface area contributed by atoms with Gasteiger partial charge in [-0.3, -0.25) is 4.79 Å². The number of anilines is 2. The van der Waals surface area contributed by atoms with E-state index in [-0.39, 0.29) is 5.91 Å². The van der Waals surface area contributed by atoms with Gasteiger partial charge in [0.15, 0.2) is 0 Å². The van der Waals surface area contributed by atoms with Crippen LogP contribution in [0.2, 0.25) is 0 Å². The zero-order chi connectivity index (χ0) is 14.7. The standard InChI is InChI=1S/C16H17BrN2O/c1-10-8-12(17)9-11(2)15(10)19-16(20)13-6-4-5-7-14(13)18-3/h4-9,18H,1-3H3,(H,19,20). The van der Waals surface area contributed by atoms with E-state index in [1.807, 2.05) is 57.3 Å². The number of para-hydroxylation sites is 1. The van der Waals surface area contributed by atoms with Crippen LogP contribution in [0.25, 0.3) is 0 Å². The van der Waals surface area contributed by atoms with Crippen LogP contribution in [0, 0.1) is 13.8 Å². The summed E-state index contributed by atoms with van der Waals surface area (Å²) in [6.45, 7) is 3.97. The predicted molar refractivity (Wildman–Crippen MR) is 87.6 cm³/mol. The van der Waals surface area contributed by atoms with Gasteiger partial charge in [0.1, 0.15) is 0 Å². The average Bonchev–Trinajstić information content (AvgIpc) is 2.42. The number of carbonyl (C=O) groups is 1. The van der Waals surface area contributed by atoms with Gasteiger partial charge in [0, 0.05) is 22.9 Å². The van der Waals surface area contributed by atoms with E-state index in [0.717, 1.165) is 27.0 Å². The van der Waals surface area contributed by atoms with Crippen molar-refractivity contribution in [3.8, 4) is 0 Å². The number of amides is 1. The summed E-state index contributed by atoms with van der Waals surface area (Å²) < 4.78 is 1.01. The van der Waals surface area contributed by atoms with Crippen LogP contribution in [0.3, 0.4) is 0 Å². The summed E-state index contributed by atoms with van der Waals surface area (Å²) in [6.07, 6.45) is 0. The van der Waals surface area contributed by atoms with Gasteiger partial charge in [-0.2, -0.15) is 0 Å². The average molecular weight is 333 g/mol. The Morgan fingerprint density at radius 3 is 2.30 bits per heavy atom. The minimum atomic E-state index is -0.108. The summed E-state index contributed by atoms with van der Waals surface area (Å²) >= 11 is 3.46. The van der Waals surface area contributed by atoms with Crippen LogP contribution in [-0.4, -0.2) is 13.0 Å². The molecule has 104 valence electrons. The molecule has 0 saturated carbocycles. The quantitative estimate of drug-likeness (QED) is 0.876. The molecular weight excluding hydrogens is 316 g/mol. The van der Waals surface area contributed by atoms with Crippen molar-refractivity contribution in [2.24, 2.45) is 0 Å². The van der Waals surface area contributed by atoms with E-state index in [9.17, 15) is 4.79 Å². The van der Waals surface area contributed by atoms with E-state index < -0.39 is 0 Å². The molecule has 0 radical (unpaired) electrons. The smallest absolute Gasteiger partial charge is 0.257 e. The molecule has 3 nitrogen and oxygen atoms in total. The molecule has 0 saturated heterocycles. The fraction of sp³-hybridized carbons (Fsp3) is 0.188. The Balaban J connectivity index is 2.33. The zero-order valence-electron chi connectivity index (χ0n) is 11.8. The number of halogens is 1. The fourth-order valence-electron chi connectivity index (χ4n) is 2.19. The summed E-state index contributed by atoms with van der Waals surface area (Å²) in [5, 5.41) is 6.03. The second kappa shape index (κ2) is 6.09. The molecule has 0 fully saturated rings. The number of hydrogen-bond acceptors (Lipinski definition) is 2. The minimum absolute atomic E-state index is 0.108. The van der Waals surface area contributed by atoms with Crippen molar-refractivity contribution >= 4 is 33.2 Å². The minimum Gasteiger partial charge on any atom is -0.387 e. The molecule has 20 heavy (non-hydrogen) atoms. The first-order chi connectivity index (χ1) is 9.52. The van der Waals surface area contributed by atoms with Crippen LogP contribution in [0.4, 0.5) is 11.4 Å². The highest BCUT2D eigenvalue weighted by Gasteiger charge is 2.13. The molecule has 0 aliphatic heterocycles. The van der Waals surface area contributed by atoms with E-state index in [0.29, 0.717) is 5.56 Å². The van der Waals surface area contributed by atoms with Gasteiger partial charge in [-0.1, -0.05) is 28.1 Å². The number of aryl methyl sites for hydroxylation is 2. The third kappa shape index (κ3) is 3.02. The summed E-state index contributed by atoms with van der Waals surface area (Å²) in [7, 11) is 1.81. The van der Waals surface area contributed by atoms with Crippen LogP contribution in [-0.2, 0) is 0 Å². The van der Waals surface area contributed by atoms with E-state index >= 15 is 0 Å². The first-order valence-electron chi connectivity index (χ1n) is 6.38. The third-order valence-electron chi connectivity index (χ3n) is 3.18. The van der Waals surface area contributed by atoms with Crippen molar-refractivity contribution in [1.82, 2.24) is 0 Å². The van der Waals surface area contributed by atoms with Crippen LogP contribution < -0.4 is 10.6 Å². The number of carbonyl (C=O) groups excluding carboxylic acids is 1. The van der Waals surface area contributed by atoms with Crippen molar-refractivity contribution in [2.75, 3.05) is 17.7 Å². The molecule has 2 N–H and O–H groups in total. The van der Waals surface area contributed by atoms with Crippen molar-refractivity contribution in [1.29, 1.82) is 0 Å². The number of rotatable bonds is 3. The van der Waals surface area contributed by atoms with Crippen molar-refractivity contribution in [2.45, 2.75) is 13.8 Å². The Morgan fingerprint density at radius 2 is 1.70 bits per heavy atom. The highest BCUT2D eigenvalue weighted by molar-refractivity contribution is 9.10. The summed E-state index contributed by atoms with van der Waals surface area (Å²) in [5.74, 6) is -0.108. The first-order valence-corrected chi connectivity index (χ1v) is 7.17. The maximum atomic E-state index is 12.4. The van der Waals surface area contributed by atoms with Gasteiger partial charge < -0.3 is 10.6 Å². The van der Waals surface area contributed by atoms with Crippen LogP contribution >= 0.6 is 15.9 Å². The molecule has 0 aliphatic carbocycles. The van der Waals surface area contributed by atoms with Gasteiger partial charge in [-0.25, -0.2) is 0 Å². The Labute approximate surface area is 127 Å². The monoisotopic (exact) mass is 332 g/mol. The second-order valence-corrected chi connectivity index (χ2v) is 5.58. The highest BCUT2D eigenvalue weighted by Crippen LogP contribution is 2.26. The van der Waals surface area contributed by atoms with Gasteiger partial charge in [0.25, 0.3) is 5.91 Å². The molecule has 0 aliphatic rings. The molecule has 0 unspecified atom stereocenters. The SMILES string of the molecule is CNc1ccccc1C(=O)Nc1c(C)cc(Br)cc1C. The number of hydrogen-bond donors (Lipinski definition) is 2. The normalized spacial score (nSPS) is 10.2. The van der Waals surface area contributed by atoms with Crippen LogP contribution in [0.15, 0.2) is 40.9 Å². The Kier molecular flexibility index (Phi) is 4.45. The fourth-order valence-corrected chi connectivity index (χ4v) is 2.87. The molecule has 0 aromatic heterocycles. The lowest BCUT2D eigenvalue weighted by molar-refractivity contribution is 0.102. The molecule has 0 heterocycles. The molecule has 0 spiro atoms. The van der Waals surface area contributed by atoms with Crippen molar-refractivity contribution < 1.29 is 4.79 Å². The van der Waals surface area contributed by atoms with Gasteiger partial charge in [0.05, 0.1) is 5.56 Å². The van der Waals surface area contributed by atoms with E-state index in [1.165, 1.54) is 0 Å². The molecule has 2 aromatic rings. The summed E-state index contributed by atoms with van der Waals surface area (Å²) in [5.41, 5.74) is 4.39. The molecule has 2 aromatic carbocycles. The summed E-state index contributed by atoms with van der Waals surface area (Å²) in [4.78, 5) is 12.4. The largest absolute Gasteiger partial charge is 0.387 e. The van der Waals surface area contributed by atoms with Crippen molar-refractivity contribution in [3.05, 3.63) is 57.6 Å². The van der Waals surface area contributed by atoms with E-state index in [4.69, 9.17) is 0 Å². The molecule has 2 rings (SSSR count). The van der Waals surface area contributed by atoms with Crippen molar-refractivity contribution in [3.63, 3.8) is 0 Å². The second-order valence-electron chi connectivity index (χ2n) is 4.66. The third-order valence-corrected chi connectivity index (χ3v) is 3.63. The summed E-state index contributed by atoms with van der Waals surface area (Å²) in [6, 6.07) is 11.4. The van der Waals surface area contributed by atoms with Gasteiger partial charge in [-0.05, 0) is 49.2 Å². The maximum absolute atomic E-state index is 12.4. The lowest BCUT2D eigenvalue weighted by Crippen LogP contribution is -2.15. The Morgan fingerprint density at radius 1 is 1.10 bits per heavy atom. The van der Waals surface area contributed by atoms with Crippen LogP contribution in [0.5, 0.6) is 0 Å². The predicted octanol–water partition coefficient (Wildman–Crippen LogP) is 4.36. The lowest BCUT2D eigenvalue weighted by atomic mass is 10.1. The topological polar surface area (TPSA) is 41.1 Å². The Hall–Kier alpha value is -1.81. The highest BCUT2D eigenvalue weighted by atomic mass is 79.9. The van der Waals surface area contributed by atoms with Gasteiger partial charge >= 0.3 is 0 Å². The molecule has 0 atom stereocenters. The number of benzene rings is 2. The van der Waals surface area contributed by atoms with Gasteiger partial charge in [0.2, 0.25) is 0 Å². The Bertz CT molecular complexity index is 630. The molecule has 0 bridgehead atoms. The number of nitrogens with one attached hydrogen (secondary N) is 2. The van der Waals surface area contributed by atoms with E-state index in [1.54, 1.807) is 0 Å². The van der Waals surface area contributed by atoms with E-state index in [2.05, 4.69) is 26.6 Å². The zero-order valence-corrected chi connectivity index (χ0v) is 13.3. The molecule has 1 amide bonds.